The Morgan fingerprint density at radius 1 is 0.830 bits per heavy atom. The summed E-state index contributed by atoms with van der Waals surface area (Å²) in [5.74, 6) is 8.46. The van der Waals surface area contributed by atoms with E-state index in [1.165, 1.54) is 22.6 Å². The molecule has 0 spiro atoms. The Labute approximate surface area is 341 Å². The molecule has 7 aromatic rings. The zero-order chi connectivity index (χ0) is 43.2. The average molecular weight is 941 g/mol. The number of fused-ring (bicyclic) bond motifs is 6. The third-order valence-corrected chi connectivity index (χ3v) is 14.1. The summed E-state index contributed by atoms with van der Waals surface area (Å²) in [5.41, 5.74) is 2.82. The van der Waals surface area contributed by atoms with E-state index < -0.39 is 47.1 Å². The molecule has 0 saturated carbocycles. The molecule has 1 unspecified atom stereocenters. The summed E-state index contributed by atoms with van der Waals surface area (Å²) >= 11 is -2.23. The van der Waals surface area contributed by atoms with Crippen molar-refractivity contribution in [3.05, 3.63) is 161 Å². The second-order valence-corrected chi connectivity index (χ2v) is 24.8. The molecule has 2 aliphatic rings. The van der Waals surface area contributed by atoms with E-state index in [4.69, 9.17) is 27.4 Å². The molecule has 266 valence electrons. The van der Waals surface area contributed by atoms with Crippen LogP contribution in [-0.4, -0.2) is 41.6 Å². The van der Waals surface area contributed by atoms with Crippen molar-refractivity contribution in [2.75, 3.05) is 11.8 Å². The van der Waals surface area contributed by atoms with Gasteiger partial charge in [0.1, 0.15) is 0 Å². The monoisotopic (exact) mass is 942 g/mol. The Morgan fingerprint density at radius 3 is 2.36 bits per heavy atom. The number of rotatable bonds is 6. The predicted molar refractivity (Wildman–Crippen MR) is 218 cm³/mol. The SMILES string of the molecule is [2H]C([2H])([2H])c1cccc(C([2H])([2H])[2H])c1B1N2C=C(c3ccccc3)[N-]C2c2[c-]c(Oc3[c-]c4c(cc3)c3ccccc3n4-c3c[c]([Ge]([CH3])([CH3])[CH3])ccn3)ccc2N1C([2H])([2H])[2H].[Pt]. The van der Waals surface area contributed by atoms with E-state index in [-0.39, 0.29) is 49.1 Å². The van der Waals surface area contributed by atoms with Gasteiger partial charge in [-0.3, -0.25) is 0 Å². The predicted octanol–water partition coefficient (Wildman–Crippen LogP) is 9.26. The van der Waals surface area contributed by atoms with Crippen molar-refractivity contribution in [2.45, 2.75) is 37.1 Å². The molecular formula is C44H39BGeN5OPt-3. The fourth-order valence-electron chi connectivity index (χ4n) is 7.25. The van der Waals surface area contributed by atoms with Crippen LogP contribution >= 0.6 is 0 Å². The third-order valence-electron chi connectivity index (χ3n) is 9.84. The van der Waals surface area contributed by atoms with Crippen molar-refractivity contribution in [1.82, 2.24) is 14.4 Å². The molecule has 2 aliphatic heterocycles. The van der Waals surface area contributed by atoms with E-state index in [1.807, 2.05) is 60.8 Å². The van der Waals surface area contributed by atoms with Crippen molar-refractivity contribution >= 4 is 63.3 Å². The van der Waals surface area contributed by atoms with Gasteiger partial charge in [0.25, 0.3) is 0 Å². The zero-order valence-corrected chi connectivity index (χ0v) is 33.5. The second-order valence-electron chi connectivity index (χ2n) is 14.2. The summed E-state index contributed by atoms with van der Waals surface area (Å²) in [6.45, 7) is -9.88. The van der Waals surface area contributed by atoms with Gasteiger partial charge in [0.15, 0.2) is 0 Å². The molecule has 5 aromatic carbocycles. The number of benzene rings is 5. The van der Waals surface area contributed by atoms with Gasteiger partial charge in [-0.25, -0.2) is 0 Å². The minimum absolute atomic E-state index is 0. The molecule has 0 fully saturated rings. The number of nitrogens with zero attached hydrogens (tertiary/aromatic N) is 5. The fourth-order valence-corrected chi connectivity index (χ4v) is 9.64. The van der Waals surface area contributed by atoms with Crippen molar-refractivity contribution in [2.24, 2.45) is 0 Å². The van der Waals surface area contributed by atoms with Gasteiger partial charge >= 0.3 is 192 Å². The van der Waals surface area contributed by atoms with Crippen LogP contribution < -0.4 is 19.4 Å². The van der Waals surface area contributed by atoms with E-state index in [0.29, 0.717) is 17.0 Å². The standard InChI is InChI=1S/C44H39BGeN5O.Pt/c1-29-13-12-14-30(2)43(29)45-49(6)39-22-20-33(26-37(39)44-48-38(28-50(44)45)31-15-8-7-9-16-31)52-34-19-21-36-35-17-10-11-18-40(35)51(41(36)27-34)42-25-32(23-24-47-42)46(3,4)5;/h7-25,28,44H,1-6H3;/q-3;/i1D3,2D3,6D3;. The number of anilines is 1. The van der Waals surface area contributed by atoms with Gasteiger partial charge in [-0.15, -0.1) is 5.70 Å². The Balaban J connectivity index is 0.00000529. The maximum atomic E-state index is 8.89. The molecule has 9 rings (SSSR count). The molecule has 1 atom stereocenters. The normalized spacial score (nSPS) is 18.4. The maximum absolute atomic E-state index is 8.89. The van der Waals surface area contributed by atoms with Crippen LogP contribution in [0.25, 0.3) is 38.6 Å². The Kier molecular flexibility index (Phi) is 6.71. The van der Waals surface area contributed by atoms with Crippen molar-refractivity contribution in [3.8, 4) is 17.3 Å². The summed E-state index contributed by atoms with van der Waals surface area (Å²) in [6, 6.07) is 39.6. The fraction of sp³-hybridized carbons (Fsp3) is 0.159. The number of ether oxygens (including phenoxy) is 1. The first kappa shape index (κ1) is 26.1. The van der Waals surface area contributed by atoms with Crippen molar-refractivity contribution in [1.29, 1.82) is 0 Å². The number of hydrogen-bond donors (Lipinski definition) is 0. The van der Waals surface area contributed by atoms with Crippen LogP contribution in [0.15, 0.2) is 122 Å². The molecule has 9 heteroatoms. The topological polar surface area (TPSA) is 47.6 Å². The molecule has 6 nitrogen and oxygen atoms in total. The smallest absolute Gasteiger partial charge is 0.449 e. The molecule has 0 amide bonds. The van der Waals surface area contributed by atoms with Crippen LogP contribution in [0.2, 0.25) is 17.3 Å². The number of hydrogen-bond acceptors (Lipinski definition) is 4. The van der Waals surface area contributed by atoms with Crippen molar-refractivity contribution in [3.63, 3.8) is 0 Å². The molecule has 4 heterocycles. The van der Waals surface area contributed by atoms with Gasteiger partial charge in [0, 0.05) is 33.4 Å². The van der Waals surface area contributed by atoms with E-state index in [9.17, 15) is 0 Å². The first-order valence-corrected chi connectivity index (χ1v) is 24.5. The molecule has 0 radical (unpaired) electrons. The number of aromatic nitrogens is 2. The van der Waals surface area contributed by atoms with Gasteiger partial charge < -0.3 is 14.9 Å². The van der Waals surface area contributed by atoms with Gasteiger partial charge in [-0.05, 0) is 37.9 Å². The van der Waals surface area contributed by atoms with Gasteiger partial charge in [-0.1, -0.05) is 59.7 Å². The number of aryl methyl sites for hydroxylation is 2. The van der Waals surface area contributed by atoms with Gasteiger partial charge in [0.2, 0.25) is 0 Å². The van der Waals surface area contributed by atoms with Crippen LogP contribution in [0.5, 0.6) is 11.5 Å². The van der Waals surface area contributed by atoms with Gasteiger partial charge in [-0.2, -0.15) is 0 Å². The van der Waals surface area contributed by atoms with E-state index in [1.54, 1.807) is 23.1 Å². The van der Waals surface area contributed by atoms with E-state index in [0.717, 1.165) is 38.0 Å². The Hall–Kier alpha value is -4.71. The molecule has 0 aliphatic carbocycles. The molecule has 53 heavy (non-hydrogen) atoms. The third kappa shape index (κ3) is 6.08. The van der Waals surface area contributed by atoms with Gasteiger partial charge in [0.05, 0.1) is 0 Å². The first-order chi connectivity index (χ1) is 28.8. The van der Waals surface area contributed by atoms with E-state index in [2.05, 4.69) is 58.2 Å². The summed E-state index contributed by atoms with van der Waals surface area (Å²) in [6.07, 6.45) is 2.59. The van der Waals surface area contributed by atoms with Crippen molar-refractivity contribution < 1.29 is 38.1 Å². The van der Waals surface area contributed by atoms with Crippen LogP contribution in [-0.2, 0) is 21.1 Å². The minimum atomic E-state index is -2.90. The molecule has 0 N–H and O–H groups in total. The Bertz CT molecular complexity index is 2850. The summed E-state index contributed by atoms with van der Waals surface area (Å²) in [5, 5.41) is 7.08. The van der Waals surface area contributed by atoms with E-state index >= 15 is 0 Å². The average Bonchev–Trinajstić information content (AvgIpc) is 3.79. The molecule has 0 bridgehead atoms. The van der Waals surface area contributed by atoms with Crippen LogP contribution in [0.1, 0.15) is 40.8 Å². The second kappa shape index (κ2) is 13.6. The molecule has 0 saturated heterocycles. The quantitative estimate of drug-likeness (QED) is 0.123. The van der Waals surface area contributed by atoms with Crippen LogP contribution in [0.3, 0.4) is 0 Å². The minimum Gasteiger partial charge on any atom is -0.449 e. The van der Waals surface area contributed by atoms with Crippen LogP contribution in [0, 0.1) is 25.8 Å². The summed E-state index contributed by atoms with van der Waals surface area (Å²) < 4.78 is 87.5. The molecule has 2 aromatic heterocycles. The van der Waals surface area contributed by atoms with Crippen LogP contribution in [0.4, 0.5) is 5.69 Å². The molecular weight excluding hydrogens is 893 g/mol. The zero-order valence-electron chi connectivity index (χ0n) is 38.2. The first-order valence-electron chi connectivity index (χ1n) is 21.6. The number of pyridine rings is 1. The number of para-hydroxylation sites is 1. The Morgan fingerprint density at radius 2 is 1.58 bits per heavy atom. The summed E-state index contributed by atoms with van der Waals surface area (Å²) in [7, 11) is 0. The summed E-state index contributed by atoms with van der Waals surface area (Å²) in [4.78, 5) is 7.52.